The highest BCUT2D eigenvalue weighted by atomic mass is 35.5. The molecule has 13 heteroatoms. The lowest BCUT2D eigenvalue weighted by molar-refractivity contribution is 0.122. The molecule has 1 aliphatic rings. The summed E-state index contributed by atoms with van der Waals surface area (Å²) < 4.78 is 32.8. The second-order valence-corrected chi connectivity index (χ2v) is 12.2. The zero-order valence-corrected chi connectivity index (χ0v) is 27.0. The summed E-state index contributed by atoms with van der Waals surface area (Å²) in [5, 5.41) is 7.41. The molecule has 1 aromatic heterocycles. The number of ether oxygens (including phenoxy) is 1. The maximum atomic E-state index is 13.2. The van der Waals surface area contributed by atoms with Gasteiger partial charge in [-0.25, -0.2) is 13.2 Å². The fourth-order valence-electron chi connectivity index (χ4n) is 4.94. The Hall–Kier alpha value is -2.99. The zero-order valence-electron chi connectivity index (χ0n) is 24.6. The van der Waals surface area contributed by atoms with Crippen molar-refractivity contribution in [1.29, 1.82) is 0 Å². The van der Waals surface area contributed by atoms with E-state index in [0.29, 0.717) is 17.2 Å². The molecule has 2 heterocycles. The number of aromatic nitrogens is 2. The van der Waals surface area contributed by atoms with Crippen LogP contribution in [0.5, 0.6) is 11.5 Å². The van der Waals surface area contributed by atoms with Crippen LogP contribution in [0.3, 0.4) is 0 Å². The number of nitrogens with zero attached hydrogens (tertiary/aromatic N) is 4. The highest BCUT2D eigenvalue weighted by Crippen LogP contribution is 2.25. The van der Waals surface area contributed by atoms with Crippen molar-refractivity contribution in [2.45, 2.75) is 52.1 Å². The first-order chi connectivity index (χ1) is 19.1. The number of nitrogens with one attached hydrogen (secondary N) is 2. The molecular weight excluding hydrogens is 599 g/mol. The van der Waals surface area contributed by atoms with Gasteiger partial charge in [-0.3, -0.25) is 14.3 Å². The predicted octanol–water partition coefficient (Wildman–Crippen LogP) is 6.03. The van der Waals surface area contributed by atoms with Crippen LogP contribution in [0.25, 0.3) is 0 Å². The van der Waals surface area contributed by atoms with Crippen molar-refractivity contribution in [3.8, 4) is 11.5 Å². The number of anilines is 2. The Bertz CT molecular complexity index is 1380. The molecule has 2 amide bonds. The van der Waals surface area contributed by atoms with Crippen molar-refractivity contribution in [2.24, 2.45) is 7.05 Å². The Morgan fingerprint density at radius 1 is 1.05 bits per heavy atom. The molecule has 0 radical (unpaired) electrons. The highest BCUT2D eigenvalue weighted by Gasteiger charge is 2.28. The smallest absolute Gasteiger partial charge is 0.322 e. The van der Waals surface area contributed by atoms with Crippen molar-refractivity contribution in [1.82, 2.24) is 19.6 Å². The van der Waals surface area contributed by atoms with E-state index in [1.807, 2.05) is 37.2 Å². The molecule has 1 saturated heterocycles. The average molecular weight is 642 g/mol. The van der Waals surface area contributed by atoms with Gasteiger partial charge >= 0.3 is 6.03 Å². The minimum absolute atomic E-state index is 0. The Kier molecular flexibility index (Phi) is 13.4. The van der Waals surface area contributed by atoms with E-state index in [0.717, 1.165) is 69.5 Å². The molecule has 1 aliphatic heterocycles. The lowest BCUT2D eigenvalue weighted by Crippen LogP contribution is -2.49. The van der Waals surface area contributed by atoms with Crippen LogP contribution in [0.15, 0.2) is 54.7 Å². The summed E-state index contributed by atoms with van der Waals surface area (Å²) in [6.45, 7) is 7.51. The number of amides is 2. The van der Waals surface area contributed by atoms with Gasteiger partial charge in [-0.15, -0.1) is 24.8 Å². The third kappa shape index (κ3) is 10.4. The first-order valence-electron chi connectivity index (χ1n) is 13.7. The van der Waals surface area contributed by atoms with Crippen LogP contribution in [0.4, 0.5) is 16.2 Å². The Morgan fingerprint density at radius 3 is 2.17 bits per heavy atom. The molecule has 0 spiro atoms. The van der Waals surface area contributed by atoms with Gasteiger partial charge in [-0.2, -0.15) is 5.10 Å². The third-order valence-corrected chi connectivity index (χ3v) is 7.60. The van der Waals surface area contributed by atoms with E-state index in [4.69, 9.17) is 4.74 Å². The summed E-state index contributed by atoms with van der Waals surface area (Å²) in [4.78, 5) is 17.7. The Labute approximate surface area is 261 Å². The molecule has 0 bridgehead atoms. The van der Waals surface area contributed by atoms with Crippen LogP contribution in [0.1, 0.15) is 43.9 Å². The van der Waals surface area contributed by atoms with Gasteiger partial charge in [0, 0.05) is 51.2 Å². The van der Waals surface area contributed by atoms with Gasteiger partial charge in [0.25, 0.3) is 0 Å². The van der Waals surface area contributed by atoms with Crippen molar-refractivity contribution in [2.75, 3.05) is 35.9 Å². The monoisotopic (exact) mass is 640 g/mol. The number of carbonyl (C=O) groups excluding carboxylic acids is 1. The van der Waals surface area contributed by atoms with Crippen LogP contribution in [0.2, 0.25) is 0 Å². The van der Waals surface area contributed by atoms with Gasteiger partial charge in [0.2, 0.25) is 10.0 Å². The SMILES string of the molecule is CCCCN(C(=O)Nc1cn(C)nc1C)C1CCN(Cc2ccc(Oc3ccc(NS(C)(=O)=O)cc3)cc2)CC1.Cl.Cl. The summed E-state index contributed by atoms with van der Waals surface area (Å²) in [6, 6.07) is 15.0. The molecule has 42 heavy (non-hydrogen) atoms. The number of likely N-dealkylation sites (tertiary alicyclic amines) is 1. The summed E-state index contributed by atoms with van der Waals surface area (Å²) in [5.74, 6) is 1.34. The van der Waals surface area contributed by atoms with Crippen LogP contribution in [0, 0.1) is 6.92 Å². The largest absolute Gasteiger partial charge is 0.457 e. The molecule has 3 aromatic rings. The van der Waals surface area contributed by atoms with E-state index in [1.54, 1.807) is 28.9 Å². The van der Waals surface area contributed by atoms with Gasteiger partial charge in [0.1, 0.15) is 11.5 Å². The number of sulfonamides is 1. The number of rotatable bonds is 11. The van der Waals surface area contributed by atoms with Crippen LogP contribution in [-0.4, -0.2) is 66.0 Å². The quantitative estimate of drug-likeness (QED) is 0.265. The van der Waals surface area contributed by atoms with Crippen molar-refractivity contribution in [3.63, 3.8) is 0 Å². The number of hydrogen-bond acceptors (Lipinski definition) is 6. The topological polar surface area (TPSA) is 109 Å². The van der Waals surface area contributed by atoms with E-state index in [-0.39, 0.29) is 36.9 Å². The average Bonchev–Trinajstić information content (AvgIpc) is 3.22. The molecule has 0 atom stereocenters. The molecule has 0 aliphatic carbocycles. The van der Waals surface area contributed by atoms with Gasteiger partial charge in [0.05, 0.1) is 17.6 Å². The van der Waals surface area contributed by atoms with E-state index in [2.05, 4.69) is 39.1 Å². The van der Waals surface area contributed by atoms with Gasteiger partial charge in [0.15, 0.2) is 0 Å². The number of carbonyl (C=O) groups is 1. The van der Waals surface area contributed by atoms with E-state index < -0.39 is 10.0 Å². The summed E-state index contributed by atoms with van der Waals surface area (Å²) in [7, 11) is -1.46. The second-order valence-electron chi connectivity index (χ2n) is 10.4. The van der Waals surface area contributed by atoms with Crippen molar-refractivity contribution < 1.29 is 17.9 Å². The number of urea groups is 1. The molecule has 4 rings (SSSR count). The number of benzene rings is 2. The van der Waals surface area contributed by atoms with Crippen LogP contribution >= 0.6 is 24.8 Å². The fourth-order valence-corrected chi connectivity index (χ4v) is 5.50. The highest BCUT2D eigenvalue weighted by molar-refractivity contribution is 7.92. The van der Waals surface area contributed by atoms with Gasteiger partial charge < -0.3 is 15.0 Å². The molecule has 0 saturated carbocycles. The van der Waals surface area contributed by atoms with Crippen molar-refractivity contribution in [3.05, 3.63) is 66.0 Å². The lowest BCUT2D eigenvalue weighted by Gasteiger charge is -2.38. The fraction of sp³-hybridized carbons (Fsp3) is 0.448. The maximum Gasteiger partial charge on any atom is 0.322 e. The van der Waals surface area contributed by atoms with Crippen molar-refractivity contribution >= 4 is 52.2 Å². The second kappa shape index (κ2) is 16.0. The van der Waals surface area contributed by atoms with E-state index in [9.17, 15) is 13.2 Å². The first kappa shape index (κ1) is 35.2. The number of unbranched alkanes of at least 4 members (excludes halogenated alkanes) is 1. The van der Waals surface area contributed by atoms with Gasteiger partial charge in [-0.05, 0) is 68.1 Å². The maximum absolute atomic E-state index is 13.2. The summed E-state index contributed by atoms with van der Waals surface area (Å²) in [5.41, 5.74) is 3.27. The zero-order chi connectivity index (χ0) is 28.7. The minimum Gasteiger partial charge on any atom is -0.457 e. The lowest BCUT2D eigenvalue weighted by atomic mass is 10.0. The molecule has 232 valence electrons. The van der Waals surface area contributed by atoms with Crippen LogP contribution < -0.4 is 14.8 Å². The van der Waals surface area contributed by atoms with Crippen LogP contribution in [-0.2, 0) is 23.6 Å². The number of aryl methyl sites for hydroxylation is 2. The normalized spacial score (nSPS) is 13.9. The molecule has 2 aromatic carbocycles. The van der Waals surface area contributed by atoms with Gasteiger partial charge in [-0.1, -0.05) is 25.5 Å². The molecule has 2 N–H and O–H groups in total. The molecule has 0 unspecified atom stereocenters. The molecule has 1 fully saturated rings. The standard InChI is InChI=1S/C29H40N6O4S.2ClH/c1-5-6-17-35(29(36)30-28-21-33(3)31-22(28)2)25-15-18-34(19-16-25)20-23-7-11-26(12-8-23)39-27-13-9-24(10-14-27)32-40(4,37)38;;/h7-14,21,25,32H,5-6,15-20H2,1-4H3,(H,30,36);2*1H. The third-order valence-electron chi connectivity index (χ3n) is 6.99. The first-order valence-corrected chi connectivity index (χ1v) is 15.6. The number of halogens is 2. The minimum atomic E-state index is -3.31. The Morgan fingerprint density at radius 2 is 1.64 bits per heavy atom. The summed E-state index contributed by atoms with van der Waals surface area (Å²) in [6.07, 6.45) is 6.87. The predicted molar refractivity (Wildman–Crippen MR) is 173 cm³/mol. The molecular formula is C29H42Cl2N6O4S. The number of hydrogen-bond donors (Lipinski definition) is 2. The number of piperidine rings is 1. The van der Waals surface area contributed by atoms with E-state index >= 15 is 0 Å². The summed E-state index contributed by atoms with van der Waals surface area (Å²) >= 11 is 0. The molecule has 10 nitrogen and oxygen atoms in total. The Balaban J connectivity index is 0.00000308. The van der Waals surface area contributed by atoms with E-state index in [1.165, 1.54) is 5.56 Å².